The van der Waals surface area contributed by atoms with Crippen molar-refractivity contribution in [3.8, 4) is 17.2 Å². The van der Waals surface area contributed by atoms with Crippen molar-refractivity contribution in [3.63, 3.8) is 0 Å². The Kier molecular flexibility index (Phi) is 9.51. The Morgan fingerprint density at radius 1 is 1.16 bits per heavy atom. The molecule has 0 radical (unpaired) electrons. The number of piperidine rings is 1. The number of nitrogens with zero attached hydrogens (tertiary/aromatic N) is 5. The Bertz CT molecular complexity index is 1540. The lowest BCUT2D eigenvalue weighted by Gasteiger charge is -2.29. The molecular formula is C33H41FN6O4. The number of hydrogen-bond donors (Lipinski definition) is 1. The molecule has 44 heavy (non-hydrogen) atoms. The number of carbonyl (C=O) groups excluding carboxylic acids is 2. The minimum absolute atomic E-state index is 0.00297. The van der Waals surface area contributed by atoms with E-state index in [1.807, 2.05) is 24.4 Å². The zero-order chi connectivity index (χ0) is 31.4. The number of hydrogen-bond acceptors (Lipinski definition) is 7. The quantitative estimate of drug-likeness (QED) is 0.435. The van der Waals surface area contributed by atoms with Gasteiger partial charge in [-0.1, -0.05) is 24.3 Å². The van der Waals surface area contributed by atoms with Crippen molar-refractivity contribution in [1.82, 2.24) is 24.9 Å². The van der Waals surface area contributed by atoms with Crippen molar-refractivity contribution in [1.29, 1.82) is 5.26 Å². The average molecular weight is 605 g/mol. The predicted octanol–water partition coefficient (Wildman–Crippen LogP) is 4.69. The molecule has 11 heteroatoms. The van der Waals surface area contributed by atoms with E-state index in [0.29, 0.717) is 24.6 Å². The summed E-state index contributed by atoms with van der Waals surface area (Å²) >= 11 is 0. The summed E-state index contributed by atoms with van der Waals surface area (Å²) in [5.41, 5.74) is 2.27. The summed E-state index contributed by atoms with van der Waals surface area (Å²) in [6.07, 6.45) is 3.00. The maximum atomic E-state index is 15.4. The molecule has 2 amide bonds. The number of fused-ring (bicyclic) bond motifs is 1. The molecule has 234 valence electrons. The Hall–Kier alpha value is -4.01. The first-order chi connectivity index (χ1) is 21.0. The molecule has 3 heterocycles. The molecule has 2 fully saturated rings. The summed E-state index contributed by atoms with van der Waals surface area (Å²) in [6.45, 7) is 8.07. The second-order valence-electron chi connectivity index (χ2n) is 12.7. The molecule has 1 N–H and O–H groups in total. The lowest BCUT2D eigenvalue weighted by atomic mass is 9.99. The molecule has 2 aliphatic rings. The highest BCUT2D eigenvalue weighted by Gasteiger charge is 2.31. The van der Waals surface area contributed by atoms with Gasteiger partial charge >= 0.3 is 6.09 Å². The molecule has 2 atom stereocenters. The maximum absolute atomic E-state index is 15.4. The number of carbonyl (C=O) groups is 2. The van der Waals surface area contributed by atoms with Gasteiger partial charge in [-0.3, -0.25) is 9.48 Å². The first kappa shape index (κ1) is 31.4. The lowest BCUT2D eigenvalue weighted by Crippen LogP contribution is -2.48. The Balaban J connectivity index is 1.25. The van der Waals surface area contributed by atoms with Gasteiger partial charge in [0.05, 0.1) is 30.4 Å². The second kappa shape index (κ2) is 13.3. The van der Waals surface area contributed by atoms with E-state index < -0.39 is 35.6 Å². The van der Waals surface area contributed by atoms with E-state index in [1.165, 1.54) is 11.0 Å². The Morgan fingerprint density at radius 2 is 1.89 bits per heavy atom. The van der Waals surface area contributed by atoms with Crippen LogP contribution in [0.3, 0.4) is 0 Å². The number of ether oxygens (including phenoxy) is 2. The van der Waals surface area contributed by atoms with Gasteiger partial charge in [-0.15, -0.1) is 0 Å². The number of aromatic nitrogens is 2. The van der Waals surface area contributed by atoms with Crippen molar-refractivity contribution in [2.24, 2.45) is 0 Å². The van der Waals surface area contributed by atoms with Gasteiger partial charge in [0.1, 0.15) is 17.5 Å². The number of nitrogens with one attached hydrogen (secondary N) is 1. The van der Waals surface area contributed by atoms with E-state index in [-0.39, 0.29) is 19.6 Å². The summed E-state index contributed by atoms with van der Waals surface area (Å²) in [7, 11) is 2.13. The van der Waals surface area contributed by atoms with E-state index in [2.05, 4.69) is 39.2 Å². The molecular weight excluding hydrogens is 563 g/mol. The molecule has 0 bridgehead atoms. The van der Waals surface area contributed by atoms with Gasteiger partial charge in [0, 0.05) is 25.0 Å². The van der Waals surface area contributed by atoms with Gasteiger partial charge in [-0.25, -0.2) is 9.18 Å². The maximum Gasteiger partial charge on any atom is 0.410 e. The summed E-state index contributed by atoms with van der Waals surface area (Å²) < 4.78 is 28.6. The molecule has 5 rings (SSSR count). The van der Waals surface area contributed by atoms with Gasteiger partial charge in [-0.05, 0) is 89.0 Å². The number of rotatable bonds is 6. The molecule has 0 unspecified atom stereocenters. The van der Waals surface area contributed by atoms with Gasteiger partial charge in [0.15, 0.2) is 6.10 Å². The summed E-state index contributed by atoms with van der Waals surface area (Å²) in [4.78, 5) is 29.4. The van der Waals surface area contributed by atoms with Crippen LogP contribution in [-0.2, 0) is 20.7 Å². The molecule has 0 spiro atoms. The monoisotopic (exact) mass is 604 g/mol. The molecule has 0 saturated carbocycles. The topological polar surface area (TPSA) is 113 Å². The van der Waals surface area contributed by atoms with Crippen molar-refractivity contribution < 1.29 is 23.5 Å². The summed E-state index contributed by atoms with van der Waals surface area (Å²) in [5.74, 6) is -0.985. The largest absolute Gasteiger partial charge is 0.444 e. The van der Waals surface area contributed by atoms with Gasteiger partial charge in [0.2, 0.25) is 0 Å². The van der Waals surface area contributed by atoms with Crippen molar-refractivity contribution >= 4 is 22.9 Å². The number of amides is 2. The highest BCUT2D eigenvalue weighted by Crippen LogP contribution is 2.30. The Labute approximate surface area is 257 Å². The highest BCUT2D eigenvalue weighted by atomic mass is 19.1. The molecule has 2 saturated heterocycles. The van der Waals surface area contributed by atoms with Crippen LogP contribution in [0.5, 0.6) is 0 Å². The van der Waals surface area contributed by atoms with Gasteiger partial charge in [0.25, 0.3) is 5.91 Å². The molecule has 3 aromatic rings. The van der Waals surface area contributed by atoms with Crippen LogP contribution in [0, 0.1) is 17.1 Å². The van der Waals surface area contributed by atoms with Crippen LogP contribution in [0.4, 0.5) is 9.18 Å². The standard InChI is InChI=1S/C33H41FN6O4/c1-33(2,3)44-32(42)39-12-5-15-43-30(21-39)31(41)37-26(19-35)16-24-8-6-22(17-28(24)34)23-7-9-25-20-36-40(29(25)18-23)27-10-13-38(4)14-11-27/h6-9,17-18,20,26-27,30H,5,10-16,21H2,1-4H3,(H,37,41)/t26-,30-/m0/s1. The number of benzene rings is 2. The zero-order valence-corrected chi connectivity index (χ0v) is 25.9. The first-order valence-corrected chi connectivity index (χ1v) is 15.2. The molecule has 0 aliphatic carbocycles. The van der Waals surface area contributed by atoms with Crippen LogP contribution < -0.4 is 5.32 Å². The van der Waals surface area contributed by atoms with Crippen LogP contribution in [0.25, 0.3) is 22.0 Å². The van der Waals surface area contributed by atoms with Gasteiger partial charge in [-0.2, -0.15) is 10.4 Å². The van der Waals surface area contributed by atoms with Crippen molar-refractivity contribution in [3.05, 3.63) is 54.0 Å². The fourth-order valence-electron chi connectivity index (χ4n) is 5.73. The first-order valence-electron chi connectivity index (χ1n) is 15.2. The van der Waals surface area contributed by atoms with Gasteiger partial charge < -0.3 is 24.6 Å². The number of likely N-dealkylation sites (tertiary alicyclic amines) is 1. The van der Waals surface area contributed by atoms with E-state index in [1.54, 1.807) is 26.8 Å². The van der Waals surface area contributed by atoms with E-state index in [9.17, 15) is 14.9 Å². The van der Waals surface area contributed by atoms with E-state index >= 15 is 4.39 Å². The highest BCUT2D eigenvalue weighted by molar-refractivity contribution is 5.85. The fraction of sp³-hybridized carbons (Fsp3) is 0.515. The third-order valence-electron chi connectivity index (χ3n) is 8.14. The molecule has 2 aromatic carbocycles. The third-order valence-corrected chi connectivity index (χ3v) is 8.14. The molecule has 10 nitrogen and oxygen atoms in total. The SMILES string of the molecule is CN1CCC(n2ncc3ccc(-c4ccc(C[C@@H](C#N)NC(=O)[C@@H]5CN(C(=O)OC(C)(C)C)CCCO5)c(F)c4)cc32)CC1. The second-order valence-corrected chi connectivity index (χ2v) is 12.7. The van der Waals surface area contributed by atoms with Crippen LogP contribution in [0.15, 0.2) is 42.6 Å². The normalized spacial score (nSPS) is 19.3. The lowest BCUT2D eigenvalue weighted by molar-refractivity contribution is -0.133. The van der Waals surface area contributed by atoms with Crippen molar-refractivity contribution in [2.75, 3.05) is 39.8 Å². The van der Waals surface area contributed by atoms with Crippen LogP contribution in [-0.4, -0.2) is 89.2 Å². The molecule has 2 aliphatic heterocycles. The van der Waals surface area contributed by atoms with E-state index in [0.717, 1.165) is 48.0 Å². The van der Waals surface area contributed by atoms with Crippen molar-refractivity contribution in [2.45, 2.75) is 70.2 Å². The van der Waals surface area contributed by atoms with Crippen LogP contribution in [0.2, 0.25) is 0 Å². The molecule has 1 aromatic heterocycles. The summed E-state index contributed by atoms with van der Waals surface area (Å²) in [5, 5.41) is 18.2. The van der Waals surface area contributed by atoms with Crippen LogP contribution >= 0.6 is 0 Å². The van der Waals surface area contributed by atoms with E-state index in [4.69, 9.17) is 9.47 Å². The average Bonchev–Trinajstić information content (AvgIpc) is 3.24. The minimum Gasteiger partial charge on any atom is -0.444 e. The zero-order valence-electron chi connectivity index (χ0n) is 25.9. The van der Waals surface area contributed by atoms with Crippen LogP contribution in [0.1, 0.15) is 51.6 Å². The third kappa shape index (κ3) is 7.55. The summed E-state index contributed by atoms with van der Waals surface area (Å²) in [6, 6.07) is 12.4. The minimum atomic E-state index is -0.982. The number of nitriles is 1. The fourth-order valence-corrected chi connectivity index (χ4v) is 5.73. The predicted molar refractivity (Wildman–Crippen MR) is 164 cm³/mol. The number of halogens is 1. The Morgan fingerprint density at radius 3 is 2.59 bits per heavy atom. The smallest absolute Gasteiger partial charge is 0.410 e.